The number of rotatable bonds is 9. The average Bonchev–Trinajstić information content (AvgIpc) is 2.82. The molecule has 33 heavy (non-hydrogen) atoms. The van der Waals surface area contributed by atoms with Gasteiger partial charge in [-0.2, -0.15) is 0 Å². The van der Waals surface area contributed by atoms with Crippen molar-refractivity contribution < 1.29 is 22.7 Å². The van der Waals surface area contributed by atoms with E-state index in [0.29, 0.717) is 11.5 Å². The van der Waals surface area contributed by atoms with Crippen molar-refractivity contribution in [2.45, 2.75) is 24.8 Å². The van der Waals surface area contributed by atoms with Crippen LogP contribution in [0, 0.1) is 6.92 Å². The lowest BCUT2D eigenvalue weighted by Crippen LogP contribution is -2.41. The van der Waals surface area contributed by atoms with Gasteiger partial charge in [-0.3, -0.25) is 9.10 Å². The smallest absolute Gasteiger partial charge is 0.264 e. The van der Waals surface area contributed by atoms with Crippen molar-refractivity contribution in [2.24, 2.45) is 0 Å². The summed E-state index contributed by atoms with van der Waals surface area (Å²) in [6, 6.07) is 20.2. The van der Waals surface area contributed by atoms with Crippen LogP contribution < -0.4 is 19.1 Å². The molecule has 0 aliphatic heterocycles. The number of nitrogens with one attached hydrogen (secondary N) is 1. The molecule has 1 amide bonds. The van der Waals surface area contributed by atoms with Gasteiger partial charge in [-0.25, -0.2) is 8.42 Å². The molecule has 3 aromatic rings. The van der Waals surface area contributed by atoms with Gasteiger partial charge in [-0.05, 0) is 55.8 Å². The molecule has 0 bridgehead atoms. The van der Waals surface area contributed by atoms with Crippen LogP contribution in [0.5, 0.6) is 11.5 Å². The number of aryl methyl sites for hydroxylation is 1. The van der Waals surface area contributed by atoms with Gasteiger partial charge in [0, 0.05) is 0 Å². The van der Waals surface area contributed by atoms with Crippen LogP contribution in [0.15, 0.2) is 77.7 Å². The van der Waals surface area contributed by atoms with Crippen molar-refractivity contribution in [3.63, 3.8) is 0 Å². The lowest BCUT2D eigenvalue weighted by molar-refractivity contribution is -0.120. The van der Waals surface area contributed by atoms with Crippen molar-refractivity contribution in [3.8, 4) is 11.5 Å². The lowest BCUT2D eigenvalue weighted by Gasteiger charge is -2.26. The van der Waals surface area contributed by atoms with E-state index < -0.39 is 22.5 Å². The summed E-state index contributed by atoms with van der Waals surface area (Å²) in [7, 11) is -1.12. The number of methoxy groups -OCH3 is 2. The van der Waals surface area contributed by atoms with Crippen LogP contribution in [0.25, 0.3) is 0 Å². The van der Waals surface area contributed by atoms with Gasteiger partial charge < -0.3 is 14.8 Å². The summed E-state index contributed by atoms with van der Waals surface area (Å²) in [5.41, 5.74) is 2.31. The number of benzene rings is 3. The Labute approximate surface area is 195 Å². The molecule has 3 aromatic carbocycles. The van der Waals surface area contributed by atoms with Crippen molar-refractivity contribution in [1.29, 1.82) is 0 Å². The van der Waals surface area contributed by atoms with E-state index in [1.807, 2.05) is 38.1 Å². The van der Waals surface area contributed by atoms with E-state index >= 15 is 0 Å². The summed E-state index contributed by atoms with van der Waals surface area (Å²) in [6.07, 6.45) is 0. The van der Waals surface area contributed by atoms with E-state index in [9.17, 15) is 13.2 Å². The molecule has 0 aliphatic carbocycles. The maximum absolute atomic E-state index is 13.6. The Hall–Kier alpha value is -3.52. The molecule has 0 fully saturated rings. The van der Waals surface area contributed by atoms with Crippen LogP contribution in [0.2, 0.25) is 0 Å². The Morgan fingerprint density at radius 1 is 0.939 bits per heavy atom. The lowest BCUT2D eigenvalue weighted by atomic mass is 10.1. The fraction of sp³-hybridized carbons (Fsp3) is 0.240. The zero-order valence-electron chi connectivity index (χ0n) is 19.1. The molecule has 0 heterocycles. The number of hydrogen-bond donors (Lipinski definition) is 1. The Bertz CT molecular complexity index is 1190. The molecule has 1 N–H and O–H groups in total. The zero-order chi connectivity index (χ0) is 24.0. The highest BCUT2D eigenvalue weighted by atomic mass is 32.2. The van der Waals surface area contributed by atoms with E-state index in [0.717, 1.165) is 15.4 Å². The number of carbonyl (C=O) groups excluding carboxylic acids is 1. The Morgan fingerprint density at radius 3 is 2.18 bits per heavy atom. The third-order valence-corrected chi connectivity index (χ3v) is 7.02. The van der Waals surface area contributed by atoms with E-state index in [-0.39, 0.29) is 16.6 Å². The minimum Gasteiger partial charge on any atom is -0.497 e. The molecule has 174 valence electrons. The number of ether oxygens (including phenoxy) is 2. The number of carbonyl (C=O) groups is 1. The highest BCUT2D eigenvalue weighted by molar-refractivity contribution is 7.92. The van der Waals surface area contributed by atoms with Gasteiger partial charge in [0.05, 0.1) is 30.8 Å². The van der Waals surface area contributed by atoms with Crippen LogP contribution in [0.1, 0.15) is 24.1 Å². The van der Waals surface area contributed by atoms with Crippen molar-refractivity contribution >= 4 is 21.6 Å². The van der Waals surface area contributed by atoms with Crippen LogP contribution in [0.4, 0.5) is 5.69 Å². The zero-order valence-corrected chi connectivity index (χ0v) is 19.9. The first kappa shape index (κ1) is 24.1. The largest absolute Gasteiger partial charge is 0.497 e. The minimum atomic E-state index is -4.08. The van der Waals surface area contributed by atoms with Gasteiger partial charge in [-0.15, -0.1) is 0 Å². The van der Waals surface area contributed by atoms with Crippen molar-refractivity contribution in [1.82, 2.24) is 5.32 Å². The SMILES string of the molecule is COc1ccc(S(=O)(=O)N(CC(=O)NC(C)c2ccc(C)cc2)c2ccccc2OC)cc1. The third kappa shape index (κ3) is 5.64. The van der Waals surface area contributed by atoms with Gasteiger partial charge in [0.15, 0.2) is 0 Å². The van der Waals surface area contributed by atoms with Crippen molar-refractivity contribution in [3.05, 3.63) is 83.9 Å². The van der Waals surface area contributed by atoms with Crippen LogP contribution in [0.3, 0.4) is 0 Å². The number of para-hydroxylation sites is 2. The quantitative estimate of drug-likeness (QED) is 0.511. The first-order chi connectivity index (χ1) is 15.8. The fourth-order valence-electron chi connectivity index (χ4n) is 3.37. The Morgan fingerprint density at radius 2 is 1.58 bits per heavy atom. The van der Waals surface area contributed by atoms with Gasteiger partial charge in [0.1, 0.15) is 18.0 Å². The molecule has 0 aromatic heterocycles. The predicted octanol–water partition coefficient (Wildman–Crippen LogP) is 4.08. The topological polar surface area (TPSA) is 84.9 Å². The molecule has 7 nitrogen and oxygen atoms in total. The first-order valence-electron chi connectivity index (χ1n) is 10.4. The van der Waals surface area contributed by atoms with Crippen molar-refractivity contribution in [2.75, 3.05) is 25.1 Å². The molecule has 0 aliphatic rings. The number of anilines is 1. The van der Waals surface area contributed by atoms with Crippen LogP contribution >= 0.6 is 0 Å². The second kappa shape index (κ2) is 10.4. The molecule has 0 saturated heterocycles. The maximum Gasteiger partial charge on any atom is 0.264 e. The molecule has 0 spiro atoms. The summed E-state index contributed by atoms with van der Waals surface area (Å²) >= 11 is 0. The summed E-state index contributed by atoms with van der Waals surface area (Å²) in [4.78, 5) is 13.0. The van der Waals surface area contributed by atoms with Gasteiger partial charge in [0.2, 0.25) is 5.91 Å². The van der Waals surface area contributed by atoms with Crippen LogP contribution in [-0.4, -0.2) is 35.1 Å². The minimum absolute atomic E-state index is 0.0357. The van der Waals surface area contributed by atoms with Crippen LogP contribution in [-0.2, 0) is 14.8 Å². The number of nitrogens with zero attached hydrogens (tertiary/aromatic N) is 1. The maximum atomic E-state index is 13.6. The molecule has 0 saturated carbocycles. The monoisotopic (exact) mass is 468 g/mol. The van der Waals surface area contributed by atoms with Gasteiger partial charge in [-0.1, -0.05) is 42.0 Å². The van der Waals surface area contributed by atoms with E-state index in [1.54, 1.807) is 36.4 Å². The second-order valence-electron chi connectivity index (χ2n) is 7.56. The summed E-state index contributed by atoms with van der Waals surface area (Å²) < 4.78 is 38.7. The summed E-state index contributed by atoms with van der Waals surface area (Å²) in [5, 5.41) is 2.89. The highest BCUT2D eigenvalue weighted by Crippen LogP contribution is 2.32. The standard InChI is InChI=1S/C25H28N2O5S/c1-18-9-11-20(12-10-18)19(2)26-25(28)17-27(23-7-5-6-8-24(23)32-4)33(29,30)22-15-13-21(31-3)14-16-22/h5-16,19H,17H2,1-4H3,(H,26,28). The molecule has 3 rings (SSSR count). The number of amides is 1. The summed E-state index contributed by atoms with van der Waals surface area (Å²) in [5.74, 6) is 0.433. The molecular formula is C25H28N2O5S. The Kier molecular flexibility index (Phi) is 7.60. The number of hydrogen-bond acceptors (Lipinski definition) is 5. The highest BCUT2D eigenvalue weighted by Gasteiger charge is 2.29. The van der Waals surface area contributed by atoms with E-state index in [4.69, 9.17) is 9.47 Å². The fourth-order valence-corrected chi connectivity index (χ4v) is 4.80. The predicted molar refractivity (Wildman–Crippen MR) is 128 cm³/mol. The summed E-state index contributed by atoms with van der Waals surface area (Å²) in [6.45, 7) is 3.43. The van der Waals surface area contributed by atoms with E-state index in [2.05, 4.69) is 5.32 Å². The molecular weight excluding hydrogens is 440 g/mol. The third-order valence-electron chi connectivity index (χ3n) is 5.24. The van der Waals surface area contributed by atoms with Gasteiger partial charge >= 0.3 is 0 Å². The Balaban J connectivity index is 1.93. The molecule has 8 heteroatoms. The van der Waals surface area contributed by atoms with E-state index in [1.165, 1.54) is 26.4 Å². The first-order valence-corrected chi connectivity index (χ1v) is 11.9. The molecule has 1 atom stereocenters. The molecule has 0 radical (unpaired) electrons. The molecule has 1 unspecified atom stereocenters. The second-order valence-corrected chi connectivity index (χ2v) is 9.42. The average molecular weight is 469 g/mol. The number of sulfonamides is 1. The van der Waals surface area contributed by atoms with Gasteiger partial charge in [0.25, 0.3) is 10.0 Å². The normalized spacial score (nSPS) is 12.0.